The van der Waals surface area contributed by atoms with E-state index in [2.05, 4.69) is 5.32 Å². The molecule has 7 nitrogen and oxygen atoms in total. The molecule has 1 aliphatic rings. The molecule has 2 aromatic rings. The summed E-state index contributed by atoms with van der Waals surface area (Å²) >= 11 is 11.9. The zero-order chi connectivity index (χ0) is 19.6. The van der Waals surface area contributed by atoms with E-state index in [1.54, 1.807) is 12.1 Å². The third-order valence-corrected chi connectivity index (χ3v) is 4.88. The number of nitrogens with zero attached hydrogens (tertiary/aromatic N) is 2. The molecule has 2 amide bonds. The van der Waals surface area contributed by atoms with Crippen LogP contribution in [0.4, 0.5) is 11.4 Å². The van der Waals surface area contributed by atoms with Crippen molar-refractivity contribution >= 4 is 46.4 Å². The smallest absolute Gasteiger partial charge is 0.269 e. The van der Waals surface area contributed by atoms with Gasteiger partial charge in [-0.25, -0.2) is 0 Å². The second-order valence-corrected chi connectivity index (χ2v) is 6.92. The molecule has 0 radical (unpaired) electrons. The van der Waals surface area contributed by atoms with Gasteiger partial charge in [-0.15, -0.1) is 0 Å². The second kappa shape index (κ2) is 7.94. The van der Waals surface area contributed by atoms with Gasteiger partial charge in [0.25, 0.3) is 11.6 Å². The second-order valence-electron chi connectivity index (χ2n) is 6.07. The van der Waals surface area contributed by atoms with Crippen LogP contribution in [0.1, 0.15) is 23.2 Å². The standard InChI is InChI=1S/C18H15Cl2N3O4/c19-12-5-8-15(14(20)10-12)21-17(24)16-2-1-9-22(16)18(25)11-3-6-13(7-4-11)23(26)27/h3-8,10,16H,1-2,9H2,(H,21,24)/t16-/m1/s1. The Kier molecular flexibility index (Phi) is 5.62. The number of non-ortho nitro benzene ring substituents is 1. The monoisotopic (exact) mass is 407 g/mol. The first-order valence-corrected chi connectivity index (χ1v) is 8.94. The van der Waals surface area contributed by atoms with Gasteiger partial charge in [0.2, 0.25) is 5.91 Å². The van der Waals surface area contributed by atoms with Gasteiger partial charge in [0.1, 0.15) is 6.04 Å². The molecule has 1 fully saturated rings. The molecule has 0 aliphatic carbocycles. The average Bonchev–Trinajstić information content (AvgIpc) is 3.13. The number of hydrogen-bond donors (Lipinski definition) is 1. The van der Waals surface area contributed by atoms with Crippen molar-refractivity contribution in [3.8, 4) is 0 Å². The van der Waals surface area contributed by atoms with Gasteiger partial charge in [0.05, 0.1) is 15.6 Å². The van der Waals surface area contributed by atoms with E-state index in [0.717, 1.165) is 0 Å². The zero-order valence-electron chi connectivity index (χ0n) is 14.0. The Morgan fingerprint density at radius 1 is 1.15 bits per heavy atom. The van der Waals surface area contributed by atoms with Crippen molar-refractivity contribution in [2.45, 2.75) is 18.9 Å². The Morgan fingerprint density at radius 2 is 1.85 bits per heavy atom. The minimum absolute atomic E-state index is 0.0976. The highest BCUT2D eigenvalue weighted by Crippen LogP contribution is 2.27. The minimum atomic E-state index is -0.639. The van der Waals surface area contributed by atoms with E-state index in [9.17, 15) is 19.7 Å². The molecule has 27 heavy (non-hydrogen) atoms. The molecule has 3 rings (SSSR count). The first-order chi connectivity index (χ1) is 12.9. The van der Waals surface area contributed by atoms with Crippen LogP contribution < -0.4 is 5.32 Å². The van der Waals surface area contributed by atoms with E-state index < -0.39 is 11.0 Å². The maximum Gasteiger partial charge on any atom is 0.269 e. The first-order valence-electron chi connectivity index (χ1n) is 8.18. The number of rotatable bonds is 4. The SMILES string of the molecule is O=C(Nc1ccc(Cl)cc1Cl)[C@H]1CCCN1C(=O)c1ccc([N+](=O)[O-])cc1. The highest BCUT2D eigenvalue weighted by atomic mass is 35.5. The zero-order valence-corrected chi connectivity index (χ0v) is 15.5. The number of nitro groups is 1. The summed E-state index contributed by atoms with van der Waals surface area (Å²) in [6, 6.07) is 9.41. The summed E-state index contributed by atoms with van der Waals surface area (Å²) in [5.41, 5.74) is 0.616. The summed E-state index contributed by atoms with van der Waals surface area (Å²) in [5.74, 6) is -0.684. The quantitative estimate of drug-likeness (QED) is 0.608. The van der Waals surface area contributed by atoms with E-state index in [0.29, 0.717) is 40.7 Å². The third kappa shape index (κ3) is 4.20. The van der Waals surface area contributed by atoms with Crippen LogP contribution in [0.3, 0.4) is 0 Å². The van der Waals surface area contributed by atoms with Crippen molar-refractivity contribution in [3.63, 3.8) is 0 Å². The van der Waals surface area contributed by atoms with E-state index in [-0.39, 0.29) is 17.5 Å². The number of anilines is 1. The number of likely N-dealkylation sites (tertiary alicyclic amines) is 1. The lowest BCUT2D eigenvalue weighted by Crippen LogP contribution is -2.43. The molecule has 0 bridgehead atoms. The average molecular weight is 408 g/mol. The Balaban J connectivity index is 1.74. The Morgan fingerprint density at radius 3 is 2.48 bits per heavy atom. The molecule has 1 atom stereocenters. The van der Waals surface area contributed by atoms with Crippen LogP contribution in [-0.2, 0) is 4.79 Å². The summed E-state index contributed by atoms with van der Waals surface area (Å²) in [6.45, 7) is 0.433. The van der Waals surface area contributed by atoms with E-state index in [1.807, 2.05) is 0 Å². The van der Waals surface area contributed by atoms with Gasteiger partial charge < -0.3 is 10.2 Å². The van der Waals surface area contributed by atoms with Gasteiger partial charge in [-0.2, -0.15) is 0 Å². The molecule has 2 aromatic carbocycles. The number of carbonyl (C=O) groups excluding carboxylic acids is 2. The van der Waals surface area contributed by atoms with Crippen LogP contribution in [0.5, 0.6) is 0 Å². The van der Waals surface area contributed by atoms with Gasteiger partial charge in [0, 0.05) is 29.3 Å². The van der Waals surface area contributed by atoms with E-state index >= 15 is 0 Å². The largest absolute Gasteiger partial charge is 0.327 e. The van der Waals surface area contributed by atoms with Crippen LogP contribution in [0, 0.1) is 10.1 Å². The van der Waals surface area contributed by atoms with Crippen molar-refractivity contribution in [2.75, 3.05) is 11.9 Å². The predicted molar refractivity (Wildman–Crippen MR) is 102 cm³/mol. The fourth-order valence-electron chi connectivity index (χ4n) is 2.98. The topological polar surface area (TPSA) is 92.6 Å². The molecule has 0 unspecified atom stereocenters. The molecule has 0 aromatic heterocycles. The van der Waals surface area contributed by atoms with Gasteiger partial charge in [-0.05, 0) is 43.2 Å². The van der Waals surface area contributed by atoms with Crippen LogP contribution in [0.25, 0.3) is 0 Å². The van der Waals surface area contributed by atoms with Crippen molar-refractivity contribution < 1.29 is 14.5 Å². The molecule has 0 spiro atoms. The molecule has 1 saturated heterocycles. The van der Waals surface area contributed by atoms with Crippen molar-refractivity contribution in [2.24, 2.45) is 0 Å². The van der Waals surface area contributed by atoms with E-state index in [4.69, 9.17) is 23.2 Å². The summed E-state index contributed by atoms with van der Waals surface area (Å²) in [4.78, 5) is 37.1. The van der Waals surface area contributed by atoms with Crippen LogP contribution >= 0.6 is 23.2 Å². The Bertz CT molecular complexity index is 902. The lowest BCUT2D eigenvalue weighted by molar-refractivity contribution is -0.384. The fourth-order valence-corrected chi connectivity index (χ4v) is 3.44. The summed E-state index contributed by atoms with van der Waals surface area (Å²) in [7, 11) is 0. The van der Waals surface area contributed by atoms with Crippen LogP contribution in [0.15, 0.2) is 42.5 Å². The number of hydrogen-bond acceptors (Lipinski definition) is 4. The number of nitro benzene ring substituents is 1. The number of carbonyl (C=O) groups is 2. The Hall–Kier alpha value is -2.64. The van der Waals surface area contributed by atoms with Crippen molar-refractivity contribution in [1.29, 1.82) is 0 Å². The van der Waals surface area contributed by atoms with Crippen molar-refractivity contribution in [3.05, 3.63) is 68.2 Å². The molecule has 1 aliphatic heterocycles. The lowest BCUT2D eigenvalue weighted by Gasteiger charge is -2.24. The lowest BCUT2D eigenvalue weighted by atomic mass is 10.1. The summed E-state index contributed by atoms with van der Waals surface area (Å²) in [5, 5.41) is 14.2. The van der Waals surface area contributed by atoms with Crippen LogP contribution in [-0.4, -0.2) is 34.2 Å². The normalized spacial score (nSPS) is 16.2. The van der Waals surface area contributed by atoms with Gasteiger partial charge in [0.15, 0.2) is 0 Å². The minimum Gasteiger partial charge on any atom is -0.327 e. The maximum atomic E-state index is 12.7. The molecule has 9 heteroatoms. The number of amides is 2. The predicted octanol–water partition coefficient (Wildman–Crippen LogP) is 4.14. The molecule has 0 saturated carbocycles. The van der Waals surface area contributed by atoms with Crippen LogP contribution in [0.2, 0.25) is 10.0 Å². The molecular formula is C18H15Cl2N3O4. The van der Waals surface area contributed by atoms with Gasteiger partial charge in [-0.1, -0.05) is 23.2 Å². The summed E-state index contributed by atoms with van der Waals surface area (Å²) in [6.07, 6.45) is 1.21. The van der Waals surface area contributed by atoms with Crippen molar-refractivity contribution in [1.82, 2.24) is 4.90 Å². The van der Waals surface area contributed by atoms with E-state index in [1.165, 1.54) is 35.2 Å². The maximum absolute atomic E-state index is 12.7. The number of nitrogens with one attached hydrogen (secondary N) is 1. The van der Waals surface area contributed by atoms with Gasteiger partial charge >= 0.3 is 0 Å². The third-order valence-electron chi connectivity index (χ3n) is 4.33. The highest BCUT2D eigenvalue weighted by Gasteiger charge is 2.34. The molecule has 1 heterocycles. The first kappa shape index (κ1) is 19.1. The number of benzene rings is 2. The molecular weight excluding hydrogens is 393 g/mol. The fraction of sp³-hybridized carbons (Fsp3) is 0.222. The Labute approximate surface area is 165 Å². The molecule has 1 N–H and O–H groups in total. The number of halogens is 2. The summed E-state index contributed by atoms with van der Waals surface area (Å²) < 4.78 is 0. The van der Waals surface area contributed by atoms with Gasteiger partial charge in [-0.3, -0.25) is 19.7 Å². The molecule has 140 valence electrons. The highest BCUT2D eigenvalue weighted by molar-refractivity contribution is 6.36.